The molecule has 6 nitrogen and oxygen atoms in total. The molecule has 2 atom stereocenters. The molecule has 2 N–H and O–H groups in total. The van der Waals surface area contributed by atoms with E-state index >= 15 is 0 Å². The number of amides is 1. The highest BCUT2D eigenvalue weighted by atomic mass is 32.1. The highest BCUT2D eigenvalue weighted by Crippen LogP contribution is 2.42. The molecule has 3 aromatic rings. The molecule has 0 spiro atoms. The van der Waals surface area contributed by atoms with Gasteiger partial charge in [-0.25, -0.2) is 0 Å². The first-order chi connectivity index (χ1) is 14.5. The molecule has 0 aliphatic carbocycles. The fourth-order valence-electron chi connectivity index (χ4n) is 3.89. The first-order valence-corrected chi connectivity index (χ1v) is 10.4. The third-order valence-electron chi connectivity index (χ3n) is 5.47. The molecule has 1 amide bonds. The predicted molar refractivity (Wildman–Crippen MR) is 123 cm³/mol. The van der Waals surface area contributed by atoms with Gasteiger partial charge in [0, 0.05) is 42.9 Å². The largest absolute Gasteiger partial charge is 0.353 e. The van der Waals surface area contributed by atoms with E-state index in [9.17, 15) is 4.79 Å². The lowest BCUT2D eigenvalue weighted by Crippen LogP contribution is -2.30. The van der Waals surface area contributed by atoms with Crippen LogP contribution >= 0.6 is 12.2 Å². The highest BCUT2D eigenvalue weighted by Gasteiger charge is 2.41. The fraction of sp³-hybridized carbons (Fsp3) is 0.261. The summed E-state index contributed by atoms with van der Waals surface area (Å²) in [6, 6.07) is 16.0. The number of nitrogens with one attached hydrogen (secondary N) is 2. The Morgan fingerprint density at radius 1 is 1.23 bits per heavy atom. The number of anilines is 2. The maximum absolute atomic E-state index is 11.8. The Labute approximate surface area is 181 Å². The molecule has 1 saturated heterocycles. The Bertz CT molecular complexity index is 1080. The van der Waals surface area contributed by atoms with Gasteiger partial charge >= 0.3 is 0 Å². The number of hydrogen-bond acceptors (Lipinski definition) is 3. The highest BCUT2D eigenvalue weighted by molar-refractivity contribution is 7.80. The third-order valence-corrected chi connectivity index (χ3v) is 5.78. The van der Waals surface area contributed by atoms with Gasteiger partial charge in [0.1, 0.15) is 6.04 Å². The van der Waals surface area contributed by atoms with Crippen LogP contribution in [-0.4, -0.2) is 20.6 Å². The Kier molecular flexibility index (Phi) is 5.55. The Morgan fingerprint density at radius 3 is 2.70 bits per heavy atom. The summed E-state index contributed by atoms with van der Waals surface area (Å²) in [7, 11) is 2.04. The topological polar surface area (TPSA) is 62.2 Å². The molecule has 0 bridgehead atoms. The molecular formula is C23H25N5OS. The zero-order valence-corrected chi connectivity index (χ0v) is 18.1. The third kappa shape index (κ3) is 3.68. The SMILES string of the molecule is CCC(=O)Nc1ccc(N2C(=S)N[C@H](c3ccccn3)[C@H]2c2cccn2C)cc1C. The van der Waals surface area contributed by atoms with Gasteiger partial charge in [0.2, 0.25) is 5.91 Å². The number of thiocarbonyl (C=S) groups is 1. The van der Waals surface area contributed by atoms with Crippen molar-refractivity contribution in [2.75, 3.05) is 10.2 Å². The molecule has 154 valence electrons. The second kappa shape index (κ2) is 8.28. The van der Waals surface area contributed by atoms with Crippen molar-refractivity contribution in [2.45, 2.75) is 32.4 Å². The zero-order chi connectivity index (χ0) is 21.3. The van der Waals surface area contributed by atoms with E-state index in [1.165, 1.54) is 0 Å². The zero-order valence-electron chi connectivity index (χ0n) is 17.3. The molecule has 0 saturated carbocycles. The molecular weight excluding hydrogens is 394 g/mol. The standard InChI is InChI=1S/C23H25N5OS/c1-4-20(29)25-17-11-10-16(14-15(17)2)28-22(19-9-7-13-27(19)3)21(26-23(28)30)18-8-5-6-12-24-18/h5-14,21-22H,4H2,1-3H3,(H,25,29)(H,26,30)/t21-,22-/m1/s1. The quantitative estimate of drug-likeness (QED) is 0.605. The minimum absolute atomic E-state index is 0.00103. The van der Waals surface area contributed by atoms with Crippen LogP contribution in [0.25, 0.3) is 0 Å². The lowest BCUT2D eigenvalue weighted by molar-refractivity contribution is -0.115. The molecule has 7 heteroatoms. The van der Waals surface area contributed by atoms with E-state index in [0.717, 1.165) is 28.3 Å². The first kappa shape index (κ1) is 20.1. The van der Waals surface area contributed by atoms with Crippen LogP contribution in [0.4, 0.5) is 11.4 Å². The lowest BCUT2D eigenvalue weighted by Gasteiger charge is -2.28. The van der Waals surface area contributed by atoms with E-state index in [1.807, 2.05) is 63.5 Å². The Balaban J connectivity index is 1.76. The van der Waals surface area contributed by atoms with Crippen molar-refractivity contribution >= 4 is 34.6 Å². The minimum Gasteiger partial charge on any atom is -0.353 e. The summed E-state index contributed by atoms with van der Waals surface area (Å²) in [4.78, 5) is 18.5. The van der Waals surface area contributed by atoms with E-state index in [1.54, 1.807) is 6.20 Å². The number of carbonyl (C=O) groups is 1. The maximum atomic E-state index is 11.8. The summed E-state index contributed by atoms with van der Waals surface area (Å²) in [6.45, 7) is 3.84. The average molecular weight is 420 g/mol. The van der Waals surface area contributed by atoms with Gasteiger partial charge in [-0.05, 0) is 67.2 Å². The van der Waals surface area contributed by atoms with E-state index in [0.29, 0.717) is 11.5 Å². The number of pyridine rings is 1. The first-order valence-electron chi connectivity index (χ1n) is 10.0. The van der Waals surface area contributed by atoms with Crippen LogP contribution < -0.4 is 15.5 Å². The number of hydrogen-bond donors (Lipinski definition) is 2. The van der Waals surface area contributed by atoms with Crippen LogP contribution in [0.3, 0.4) is 0 Å². The number of aromatic nitrogens is 2. The molecule has 3 heterocycles. The van der Waals surface area contributed by atoms with Crippen molar-refractivity contribution in [1.82, 2.24) is 14.9 Å². The predicted octanol–water partition coefficient (Wildman–Crippen LogP) is 4.25. The van der Waals surface area contributed by atoms with Gasteiger partial charge in [0.15, 0.2) is 5.11 Å². The summed E-state index contributed by atoms with van der Waals surface area (Å²) >= 11 is 5.77. The molecule has 1 aliphatic heterocycles. The Morgan fingerprint density at radius 2 is 2.07 bits per heavy atom. The van der Waals surface area contributed by atoms with Gasteiger partial charge in [-0.3, -0.25) is 9.78 Å². The van der Waals surface area contributed by atoms with Crippen LogP contribution in [0, 0.1) is 6.92 Å². The molecule has 1 fully saturated rings. The second-order valence-electron chi connectivity index (χ2n) is 7.44. The van der Waals surface area contributed by atoms with Crippen LogP contribution in [0.1, 0.15) is 42.4 Å². The van der Waals surface area contributed by atoms with Crippen molar-refractivity contribution in [1.29, 1.82) is 0 Å². The van der Waals surface area contributed by atoms with Gasteiger partial charge in [-0.1, -0.05) is 13.0 Å². The number of carbonyl (C=O) groups excluding carboxylic acids is 1. The molecule has 30 heavy (non-hydrogen) atoms. The van der Waals surface area contributed by atoms with Gasteiger partial charge < -0.3 is 20.1 Å². The van der Waals surface area contributed by atoms with Gasteiger partial charge in [0.25, 0.3) is 0 Å². The molecule has 0 radical (unpaired) electrons. The van der Waals surface area contributed by atoms with Crippen molar-refractivity contribution in [2.24, 2.45) is 7.05 Å². The molecule has 1 aliphatic rings. The molecule has 4 rings (SSSR count). The van der Waals surface area contributed by atoms with Crippen LogP contribution in [0.15, 0.2) is 60.9 Å². The monoisotopic (exact) mass is 419 g/mol. The summed E-state index contributed by atoms with van der Waals surface area (Å²) in [5.41, 5.74) is 4.87. The van der Waals surface area contributed by atoms with E-state index < -0.39 is 0 Å². The van der Waals surface area contributed by atoms with Crippen LogP contribution in [0.2, 0.25) is 0 Å². The molecule has 0 unspecified atom stereocenters. The van der Waals surface area contributed by atoms with Crippen LogP contribution in [0.5, 0.6) is 0 Å². The van der Waals surface area contributed by atoms with Crippen molar-refractivity contribution in [3.63, 3.8) is 0 Å². The fourth-order valence-corrected chi connectivity index (χ4v) is 4.24. The maximum Gasteiger partial charge on any atom is 0.224 e. The summed E-state index contributed by atoms with van der Waals surface area (Å²) < 4.78 is 2.12. The number of benzene rings is 1. The van der Waals surface area contributed by atoms with E-state index in [4.69, 9.17) is 12.2 Å². The smallest absolute Gasteiger partial charge is 0.224 e. The minimum atomic E-state index is -0.0768. The number of aryl methyl sites for hydroxylation is 2. The van der Waals surface area contributed by atoms with E-state index in [2.05, 4.69) is 37.2 Å². The second-order valence-corrected chi connectivity index (χ2v) is 7.83. The van der Waals surface area contributed by atoms with E-state index in [-0.39, 0.29) is 18.0 Å². The summed E-state index contributed by atoms with van der Waals surface area (Å²) in [5, 5.41) is 7.08. The van der Waals surface area contributed by atoms with Gasteiger partial charge in [-0.2, -0.15) is 0 Å². The summed E-state index contributed by atoms with van der Waals surface area (Å²) in [6.07, 6.45) is 4.29. The van der Waals surface area contributed by atoms with Gasteiger partial charge in [0.05, 0.1) is 11.7 Å². The van der Waals surface area contributed by atoms with Crippen molar-refractivity contribution in [3.8, 4) is 0 Å². The van der Waals surface area contributed by atoms with Gasteiger partial charge in [-0.15, -0.1) is 0 Å². The average Bonchev–Trinajstić information content (AvgIpc) is 3.32. The van der Waals surface area contributed by atoms with Crippen molar-refractivity contribution < 1.29 is 4.79 Å². The van der Waals surface area contributed by atoms with Crippen molar-refractivity contribution in [3.05, 3.63) is 77.9 Å². The molecule has 1 aromatic carbocycles. The lowest BCUT2D eigenvalue weighted by atomic mass is 10.0. The number of rotatable bonds is 5. The number of nitrogens with zero attached hydrogens (tertiary/aromatic N) is 3. The van der Waals surface area contributed by atoms with Crippen LogP contribution in [-0.2, 0) is 11.8 Å². The molecule has 2 aromatic heterocycles. The Hall–Kier alpha value is -3.19. The normalized spacial score (nSPS) is 18.4. The summed E-state index contributed by atoms with van der Waals surface area (Å²) in [5.74, 6) is 0.00103.